The summed E-state index contributed by atoms with van der Waals surface area (Å²) >= 11 is 0. The molecule has 0 spiro atoms. The van der Waals surface area contributed by atoms with Crippen molar-refractivity contribution in [2.75, 3.05) is 50.9 Å². The molecule has 0 radical (unpaired) electrons. The molecule has 0 amide bonds. The Morgan fingerprint density at radius 2 is 1.90 bits per heavy atom. The van der Waals surface area contributed by atoms with Crippen molar-refractivity contribution in [3.63, 3.8) is 0 Å². The van der Waals surface area contributed by atoms with Gasteiger partial charge in [-0.3, -0.25) is 0 Å². The van der Waals surface area contributed by atoms with Crippen LogP contribution in [0.4, 0.5) is 5.69 Å². The SMILES string of the molecule is CCNC(=NCc1ccccc1N1CCOCC1)NCCc1ccc2c(c1)CCO2.I. The molecule has 2 aliphatic heterocycles. The van der Waals surface area contributed by atoms with Gasteiger partial charge < -0.3 is 25.0 Å². The molecule has 7 heteroatoms. The standard InChI is InChI=1S/C24H32N4O2.HI/c1-2-25-24(26-11-9-19-7-8-23-20(17-19)10-14-30-23)27-18-21-5-3-4-6-22(21)28-12-15-29-16-13-28;/h3-8,17H,2,9-16,18H2,1H3,(H2,25,26,27);1H. The molecule has 31 heavy (non-hydrogen) atoms. The van der Waals surface area contributed by atoms with Gasteiger partial charge >= 0.3 is 0 Å². The molecule has 0 aromatic heterocycles. The molecule has 2 N–H and O–H groups in total. The Bertz CT molecular complexity index is 868. The first-order chi connectivity index (χ1) is 14.8. The van der Waals surface area contributed by atoms with Crippen LogP contribution >= 0.6 is 24.0 Å². The van der Waals surface area contributed by atoms with Gasteiger partial charge in [-0.25, -0.2) is 4.99 Å². The zero-order valence-corrected chi connectivity index (χ0v) is 20.6. The predicted molar refractivity (Wildman–Crippen MR) is 137 cm³/mol. The molecular formula is C24H33IN4O2. The fraction of sp³-hybridized carbons (Fsp3) is 0.458. The number of hydrogen-bond acceptors (Lipinski definition) is 4. The summed E-state index contributed by atoms with van der Waals surface area (Å²) in [6.07, 6.45) is 1.98. The van der Waals surface area contributed by atoms with E-state index < -0.39 is 0 Å². The quantitative estimate of drug-likeness (QED) is 0.323. The minimum absolute atomic E-state index is 0. The first-order valence-electron chi connectivity index (χ1n) is 11.0. The number of morpholine rings is 1. The number of para-hydroxylation sites is 1. The Kier molecular flexibility index (Phi) is 9.27. The average Bonchev–Trinajstić information content (AvgIpc) is 3.26. The number of guanidine groups is 1. The van der Waals surface area contributed by atoms with Crippen LogP contribution in [0.2, 0.25) is 0 Å². The maximum absolute atomic E-state index is 5.60. The van der Waals surface area contributed by atoms with Gasteiger partial charge in [-0.2, -0.15) is 0 Å². The van der Waals surface area contributed by atoms with Crippen molar-refractivity contribution in [2.45, 2.75) is 26.3 Å². The van der Waals surface area contributed by atoms with Crippen molar-refractivity contribution in [3.8, 4) is 5.75 Å². The first-order valence-corrected chi connectivity index (χ1v) is 11.0. The van der Waals surface area contributed by atoms with E-state index in [-0.39, 0.29) is 24.0 Å². The van der Waals surface area contributed by atoms with Gasteiger partial charge in [-0.1, -0.05) is 30.3 Å². The van der Waals surface area contributed by atoms with E-state index in [2.05, 4.69) is 64.9 Å². The minimum atomic E-state index is 0. The Labute approximate surface area is 202 Å². The third kappa shape index (κ3) is 6.49. The second-order valence-corrected chi connectivity index (χ2v) is 7.64. The van der Waals surface area contributed by atoms with E-state index in [1.807, 2.05) is 0 Å². The van der Waals surface area contributed by atoms with Gasteiger partial charge in [-0.15, -0.1) is 24.0 Å². The Morgan fingerprint density at radius 3 is 2.74 bits per heavy atom. The highest BCUT2D eigenvalue weighted by atomic mass is 127. The van der Waals surface area contributed by atoms with Crippen molar-refractivity contribution >= 4 is 35.6 Å². The van der Waals surface area contributed by atoms with Crippen LogP contribution in [0.5, 0.6) is 5.75 Å². The Hall–Kier alpha value is -2.00. The van der Waals surface area contributed by atoms with Crippen molar-refractivity contribution < 1.29 is 9.47 Å². The first kappa shape index (κ1) is 23.7. The fourth-order valence-corrected chi connectivity index (χ4v) is 3.98. The number of rotatable bonds is 7. The van der Waals surface area contributed by atoms with Gasteiger partial charge in [-0.05, 0) is 42.2 Å². The molecule has 2 heterocycles. The lowest BCUT2D eigenvalue weighted by molar-refractivity contribution is 0.122. The highest BCUT2D eigenvalue weighted by molar-refractivity contribution is 14.0. The Balaban J connectivity index is 0.00000272. The van der Waals surface area contributed by atoms with E-state index in [4.69, 9.17) is 14.5 Å². The second-order valence-electron chi connectivity index (χ2n) is 7.64. The molecule has 0 unspecified atom stereocenters. The van der Waals surface area contributed by atoms with Crippen LogP contribution in [0.25, 0.3) is 0 Å². The second kappa shape index (κ2) is 12.1. The number of nitrogens with zero attached hydrogens (tertiary/aromatic N) is 2. The molecule has 2 aromatic rings. The molecule has 168 valence electrons. The summed E-state index contributed by atoms with van der Waals surface area (Å²) in [7, 11) is 0. The maximum atomic E-state index is 5.60. The summed E-state index contributed by atoms with van der Waals surface area (Å²) in [6, 6.07) is 15.1. The summed E-state index contributed by atoms with van der Waals surface area (Å²) in [6.45, 7) is 8.69. The van der Waals surface area contributed by atoms with Crippen LogP contribution in [0.1, 0.15) is 23.6 Å². The van der Waals surface area contributed by atoms with Crippen LogP contribution < -0.4 is 20.3 Å². The molecule has 1 saturated heterocycles. The van der Waals surface area contributed by atoms with Crippen LogP contribution in [0.3, 0.4) is 0 Å². The van der Waals surface area contributed by atoms with Crippen molar-refractivity contribution in [1.82, 2.24) is 10.6 Å². The van der Waals surface area contributed by atoms with E-state index in [0.29, 0.717) is 6.54 Å². The molecule has 6 nitrogen and oxygen atoms in total. The zero-order chi connectivity index (χ0) is 20.6. The maximum Gasteiger partial charge on any atom is 0.191 e. The number of fused-ring (bicyclic) bond motifs is 1. The Morgan fingerprint density at radius 1 is 1.06 bits per heavy atom. The summed E-state index contributed by atoms with van der Waals surface area (Å²) in [5, 5.41) is 6.85. The topological polar surface area (TPSA) is 58.1 Å². The van der Waals surface area contributed by atoms with E-state index >= 15 is 0 Å². The lowest BCUT2D eigenvalue weighted by Gasteiger charge is -2.30. The number of benzene rings is 2. The third-order valence-electron chi connectivity index (χ3n) is 5.56. The summed E-state index contributed by atoms with van der Waals surface area (Å²) in [5.41, 5.74) is 5.17. The molecular weight excluding hydrogens is 503 g/mol. The van der Waals surface area contributed by atoms with Crippen LogP contribution in [0.15, 0.2) is 47.5 Å². The minimum Gasteiger partial charge on any atom is -0.493 e. The molecule has 2 aromatic carbocycles. The van der Waals surface area contributed by atoms with Crippen LogP contribution in [-0.4, -0.2) is 52.0 Å². The van der Waals surface area contributed by atoms with E-state index in [0.717, 1.165) is 70.6 Å². The highest BCUT2D eigenvalue weighted by Gasteiger charge is 2.14. The number of hydrogen-bond donors (Lipinski definition) is 2. The van der Waals surface area contributed by atoms with Gasteiger partial charge in [0.1, 0.15) is 5.75 Å². The molecule has 0 bridgehead atoms. The van der Waals surface area contributed by atoms with Gasteiger partial charge in [0.25, 0.3) is 0 Å². The smallest absolute Gasteiger partial charge is 0.191 e. The molecule has 0 saturated carbocycles. The molecule has 2 aliphatic rings. The molecule has 1 fully saturated rings. The fourth-order valence-electron chi connectivity index (χ4n) is 3.98. The summed E-state index contributed by atoms with van der Waals surface area (Å²) in [5.74, 6) is 1.90. The normalized spacial score (nSPS) is 15.6. The average molecular weight is 536 g/mol. The highest BCUT2D eigenvalue weighted by Crippen LogP contribution is 2.26. The van der Waals surface area contributed by atoms with Gasteiger partial charge in [0, 0.05) is 38.3 Å². The third-order valence-corrected chi connectivity index (χ3v) is 5.56. The zero-order valence-electron chi connectivity index (χ0n) is 18.2. The molecule has 4 rings (SSSR count). The van der Waals surface area contributed by atoms with Crippen molar-refractivity contribution in [3.05, 3.63) is 59.2 Å². The predicted octanol–water partition coefficient (Wildman–Crippen LogP) is 3.37. The lowest BCUT2D eigenvalue weighted by Crippen LogP contribution is -2.38. The van der Waals surface area contributed by atoms with Crippen LogP contribution in [0, 0.1) is 0 Å². The number of halogens is 1. The molecule has 0 aliphatic carbocycles. The van der Waals surface area contributed by atoms with Gasteiger partial charge in [0.05, 0.1) is 26.4 Å². The lowest BCUT2D eigenvalue weighted by atomic mass is 10.1. The number of nitrogens with one attached hydrogen (secondary N) is 2. The monoisotopic (exact) mass is 536 g/mol. The van der Waals surface area contributed by atoms with E-state index in [9.17, 15) is 0 Å². The number of anilines is 1. The number of aliphatic imine (C=N–C) groups is 1. The molecule has 0 atom stereocenters. The van der Waals surface area contributed by atoms with Gasteiger partial charge in [0.15, 0.2) is 5.96 Å². The van der Waals surface area contributed by atoms with E-state index in [1.165, 1.54) is 22.4 Å². The largest absolute Gasteiger partial charge is 0.493 e. The van der Waals surface area contributed by atoms with Crippen molar-refractivity contribution in [1.29, 1.82) is 0 Å². The summed E-state index contributed by atoms with van der Waals surface area (Å²) in [4.78, 5) is 7.24. The van der Waals surface area contributed by atoms with Gasteiger partial charge in [0.2, 0.25) is 0 Å². The van der Waals surface area contributed by atoms with Crippen LogP contribution in [-0.2, 0) is 24.1 Å². The number of ether oxygens (including phenoxy) is 2. The summed E-state index contributed by atoms with van der Waals surface area (Å²) < 4.78 is 11.1. The van der Waals surface area contributed by atoms with E-state index in [1.54, 1.807) is 0 Å². The van der Waals surface area contributed by atoms with Crippen molar-refractivity contribution in [2.24, 2.45) is 4.99 Å².